The van der Waals surface area contributed by atoms with Gasteiger partial charge in [-0.1, -0.05) is 44.2 Å². The summed E-state index contributed by atoms with van der Waals surface area (Å²) in [6, 6.07) is 11.2. The molecular weight excluding hydrogens is 511 g/mol. The average Bonchev–Trinajstić information content (AvgIpc) is 3.01. The molecule has 0 saturated carbocycles. The number of hydrogen-bond donors (Lipinski definition) is 3. The molecule has 3 N–H and O–H groups in total. The molecule has 2 rings (SSSR count). The van der Waals surface area contributed by atoms with Crippen molar-refractivity contribution in [1.29, 1.82) is 0 Å². The van der Waals surface area contributed by atoms with E-state index in [1.165, 1.54) is 16.8 Å². The summed E-state index contributed by atoms with van der Waals surface area (Å²) in [6.07, 6.45) is 2.99. The summed E-state index contributed by atoms with van der Waals surface area (Å²) in [7, 11) is 3.84. The van der Waals surface area contributed by atoms with Crippen molar-refractivity contribution in [2.75, 3.05) is 13.6 Å². The van der Waals surface area contributed by atoms with E-state index < -0.39 is 0 Å². The Hall–Kier alpha value is -1.61. The molecule has 0 saturated heterocycles. The molecular formula is C25H43IN6. The summed E-state index contributed by atoms with van der Waals surface area (Å²) in [6.45, 7) is 14.0. The standard InChI is InChI=1S/C25H42N6.HI/c1-9-25(10-2,29-19(4)22-14-12-11-13-15-22)17-27-24(26-7)28-18(3)16-23-20(5)30-31(8)21(23)6;/h11-15,18-19,29H,9-10,16-17H2,1-8H3,(H2,26,27,28);1H. The first-order valence-electron chi connectivity index (χ1n) is 11.5. The SMILES string of the molecule is CCC(CC)(CNC(=NC)NC(C)Cc1c(C)nn(C)c1C)NC(C)c1ccccc1.I. The predicted octanol–water partition coefficient (Wildman–Crippen LogP) is 4.66. The van der Waals surface area contributed by atoms with E-state index in [1.807, 2.05) is 18.8 Å². The second-order valence-electron chi connectivity index (χ2n) is 8.71. The van der Waals surface area contributed by atoms with Gasteiger partial charge >= 0.3 is 0 Å². The van der Waals surface area contributed by atoms with Crippen LogP contribution in [-0.4, -0.2) is 40.9 Å². The first-order chi connectivity index (χ1) is 14.7. The third-order valence-electron chi connectivity index (χ3n) is 6.55. The summed E-state index contributed by atoms with van der Waals surface area (Å²) in [4.78, 5) is 4.47. The van der Waals surface area contributed by atoms with Gasteiger partial charge in [-0.25, -0.2) is 0 Å². The van der Waals surface area contributed by atoms with Crippen molar-refractivity contribution in [2.45, 2.75) is 78.4 Å². The smallest absolute Gasteiger partial charge is 0.191 e. The maximum atomic E-state index is 4.54. The number of aromatic nitrogens is 2. The van der Waals surface area contributed by atoms with Gasteiger partial charge in [0.2, 0.25) is 0 Å². The van der Waals surface area contributed by atoms with Crippen molar-refractivity contribution in [3.05, 3.63) is 52.8 Å². The van der Waals surface area contributed by atoms with Gasteiger partial charge in [-0.2, -0.15) is 5.10 Å². The molecule has 1 heterocycles. The summed E-state index contributed by atoms with van der Waals surface area (Å²) in [5.41, 5.74) is 4.95. The van der Waals surface area contributed by atoms with Crippen molar-refractivity contribution in [3.8, 4) is 0 Å². The van der Waals surface area contributed by atoms with Gasteiger partial charge in [0.05, 0.1) is 5.69 Å². The quantitative estimate of drug-likeness (QED) is 0.227. The molecule has 0 amide bonds. The molecule has 0 spiro atoms. The molecule has 0 aliphatic heterocycles. The van der Waals surface area contributed by atoms with Gasteiger partial charge in [0.25, 0.3) is 0 Å². The Morgan fingerprint density at radius 2 is 1.75 bits per heavy atom. The highest BCUT2D eigenvalue weighted by molar-refractivity contribution is 14.0. The van der Waals surface area contributed by atoms with E-state index in [0.29, 0.717) is 0 Å². The van der Waals surface area contributed by atoms with Crippen molar-refractivity contribution < 1.29 is 0 Å². The maximum absolute atomic E-state index is 4.54. The molecule has 0 aliphatic carbocycles. The van der Waals surface area contributed by atoms with Gasteiger partial charge in [0.15, 0.2) is 5.96 Å². The molecule has 6 nitrogen and oxygen atoms in total. The van der Waals surface area contributed by atoms with Crippen molar-refractivity contribution >= 4 is 29.9 Å². The zero-order chi connectivity index (χ0) is 23.0. The van der Waals surface area contributed by atoms with Crippen molar-refractivity contribution in [1.82, 2.24) is 25.7 Å². The Labute approximate surface area is 212 Å². The molecule has 1 aromatic heterocycles. The first-order valence-corrected chi connectivity index (χ1v) is 11.5. The Morgan fingerprint density at radius 1 is 1.12 bits per heavy atom. The molecule has 2 aromatic rings. The number of aliphatic imine (C=N–C) groups is 1. The Bertz CT molecular complexity index is 842. The number of aryl methyl sites for hydroxylation is 2. The number of hydrogen-bond acceptors (Lipinski definition) is 3. The second kappa shape index (κ2) is 13.2. The fourth-order valence-corrected chi connectivity index (χ4v) is 4.19. The number of benzene rings is 1. The molecule has 2 unspecified atom stereocenters. The predicted molar refractivity (Wildman–Crippen MR) is 147 cm³/mol. The molecule has 32 heavy (non-hydrogen) atoms. The summed E-state index contributed by atoms with van der Waals surface area (Å²) in [5, 5.41) is 15.6. The third kappa shape index (κ3) is 7.47. The summed E-state index contributed by atoms with van der Waals surface area (Å²) < 4.78 is 1.96. The Balaban J connectivity index is 0.00000512. The molecule has 180 valence electrons. The van der Waals surface area contributed by atoms with E-state index in [9.17, 15) is 0 Å². The highest BCUT2D eigenvalue weighted by Crippen LogP contribution is 2.21. The highest BCUT2D eigenvalue weighted by Gasteiger charge is 2.28. The lowest BCUT2D eigenvalue weighted by atomic mass is 9.90. The molecule has 0 fully saturated rings. The lowest BCUT2D eigenvalue weighted by Gasteiger charge is -2.37. The average molecular weight is 555 g/mol. The fraction of sp³-hybridized carbons (Fsp3) is 0.600. The monoisotopic (exact) mass is 554 g/mol. The van der Waals surface area contributed by atoms with Crippen LogP contribution in [0.2, 0.25) is 0 Å². The van der Waals surface area contributed by atoms with Crippen LogP contribution in [0.25, 0.3) is 0 Å². The van der Waals surface area contributed by atoms with Crippen LogP contribution in [0.4, 0.5) is 0 Å². The van der Waals surface area contributed by atoms with Crippen molar-refractivity contribution in [2.24, 2.45) is 12.0 Å². The minimum Gasteiger partial charge on any atom is -0.355 e. The number of nitrogens with one attached hydrogen (secondary N) is 3. The van der Waals surface area contributed by atoms with Crippen molar-refractivity contribution in [3.63, 3.8) is 0 Å². The minimum atomic E-state index is -0.00730. The molecule has 7 heteroatoms. The third-order valence-corrected chi connectivity index (χ3v) is 6.55. The number of nitrogens with zero attached hydrogens (tertiary/aromatic N) is 3. The lowest BCUT2D eigenvalue weighted by molar-refractivity contribution is 0.271. The van der Waals surface area contributed by atoms with Crippen LogP contribution in [-0.2, 0) is 13.5 Å². The Morgan fingerprint density at radius 3 is 2.25 bits per heavy atom. The van der Waals surface area contributed by atoms with Gasteiger partial charge in [0.1, 0.15) is 0 Å². The van der Waals surface area contributed by atoms with Crippen LogP contribution in [0, 0.1) is 13.8 Å². The van der Waals surface area contributed by atoms with E-state index >= 15 is 0 Å². The highest BCUT2D eigenvalue weighted by atomic mass is 127. The molecule has 0 aliphatic rings. The summed E-state index contributed by atoms with van der Waals surface area (Å²) in [5.74, 6) is 0.840. The van der Waals surface area contributed by atoms with Gasteiger partial charge in [0, 0.05) is 44.0 Å². The van der Waals surface area contributed by atoms with E-state index in [0.717, 1.165) is 37.5 Å². The number of rotatable bonds is 10. The Kier molecular flexibility index (Phi) is 11.7. The van der Waals surface area contributed by atoms with Crippen LogP contribution in [0.5, 0.6) is 0 Å². The van der Waals surface area contributed by atoms with Gasteiger partial charge < -0.3 is 16.0 Å². The number of halogens is 1. The van der Waals surface area contributed by atoms with Crippen LogP contribution < -0.4 is 16.0 Å². The second-order valence-corrected chi connectivity index (χ2v) is 8.71. The molecule has 0 radical (unpaired) electrons. The van der Waals surface area contributed by atoms with Crippen LogP contribution in [0.3, 0.4) is 0 Å². The minimum absolute atomic E-state index is 0. The summed E-state index contributed by atoms with van der Waals surface area (Å²) >= 11 is 0. The molecule has 1 aromatic carbocycles. The van der Waals surface area contributed by atoms with E-state index in [-0.39, 0.29) is 41.6 Å². The largest absolute Gasteiger partial charge is 0.355 e. The lowest BCUT2D eigenvalue weighted by Crippen LogP contribution is -2.56. The zero-order valence-electron chi connectivity index (χ0n) is 21.1. The van der Waals surface area contributed by atoms with Crippen LogP contribution in [0.1, 0.15) is 69.1 Å². The maximum Gasteiger partial charge on any atom is 0.191 e. The molecule has 0 bridgehead atoms. The van der Waals surface area contributed by atoms with Gasteiger partial charge in [-0.05, 0) is 58.1 Å². The van der Waals surface area contributed by atoms with Crippen LogP contribution in [0.15, 0.2) is 35.3 Å². The van der Waals surface area contributed by atoms with Crippen LogP contribution >= 0.6 is 24.0 Å². The van der Waals surface area contributed by atoms with E-state index in [4.69, 9.17) is 0 Å². The fourth-order valence-electron chi connectivity index (χ4n) is 4.19. The first kappa shape index (κ1) is 28.4. The zero-order valence-corrected chi connectivity index (χ0v) is 23.5. The number of guanidine groups is 1. The van der Waals surface area contributed by atoms with E-state index in [2.05, 4.69) is 97.9 Å². The normalized spacial score (nSPS) is 13.9. The topological polar surface area (TPSA) is 66.3 Å². The van der Waals surface area contributed by atoms with Gasteiger partial charge in [-0.3, -0.25) is 9.67 Å². The molecule has 2 atom stereocenters. The van der Waals surface area contributed by atoms with Gasteiger partial charge in [-0.15, -0.1) is 24.0 Å². The van der Waals surface area contributed by atoms with E-state index in [1.54, 1.807) is 0 Å².